The molecule has 7 heteroatoms. The average molecular weight is 360 g/mol. The zero-order valence-electron chi connectivity index (χ0n) is 14.7. The molecule has 0 atom stereocenters. The lowest BCUT2D eigenvalue weighted by molar-refractivity contribution is 0.628. The number of aromatic nitrogens is 5. The van der Waals surface area contributed by atoms with Crippen molar-refractivity contribution < 1.29 is 4.39 Å². The summed E-state index contributed by atoms with van der Waals surface area (Å²) in [5, 5.41) is 0. The molecule has 3 heterocycles. The van der Waals surface area contributed by atoms with E-state index in [0.29, 0.717) is 12.0 Å². The zero-order valence-corrected chi connectivity index (χ0v) is 14.7. The van der Waals surface area contributed by atoms with Crippen molar-refractivity contribution in [3.8, 4) is 11.3 Å². The van der Waals surface area contributed by atoms with Crippen LogP contribution in [0.5, 0.6) is 0 Å². The molecule has 0 aliphatic heterocycles. The van der Waals surface area contributed by atoms with Gasteiger partial charge in [-0.3, -0.25) is 14.3 Å². The standard InChI is InChI=1S/C20H17FN6/c1-13-18-25-17(14-3-5-15(21)6-4-14)19(26(18)12-11-22-13)27(16-7-8-16)20-23-9-2-10-24-20/h2-6,9-12,16H,7-8H2,1H3. The molecule has 3 aromatic heterocycles. The van der Waals surface area contributed by atoms with Crippen LogP contribution in [0.3, 0.4) is 0 Å². The fourth-order valence-corrected chi connectivity index (χ4v) is 3.30. The number of rotatable bonds is 4. The number of aryl methyl sites for hydroxylation is 1. The van der Waals surface area contributed by atoms with Crippen LogP contribution in [0.4, 0.5) is 16.2 Å². The Labute approximate surface area is 155 Å². The lowest BCUT2D eigenvalue weighted by Crippen LogP contribution is -2.24. The van der Waals surface area contributed by atoms with E-state index in [1.807, 2.05) is 17.5 Å². The Bertz CT molecular complexity index is 1100. The van der Waals surface area contributed by atoms with Crippen molar-refractivity contribution in [1.82, 2.24) is 24.3 Å². The largest absolute Gasteiger partial charge is 0.291 e. The Hall–Kier alpha value is -3.35. The molecule has 1 saturated carbocycles. The molecule has 134 valence electrons. The summed E-state index contributed by atoms with van der Waals surface area (Å²) in [6, 6.07) is 8.53. The minimum absolute atomic E-state index is 0.271. The van der Waals surface area contributed by atoms with E-state index in [4.69, 9.17) is 4.98 Å². The number of imidazole rings is 1. The summed E-state index contributed by atoms with van der Waals surface area (Å²) in [5.74, 6) is 1.25. The number of benzene rings is 1. The molecule has 1 aliphatic rings. The fourth-order valence-electron chi connectivity index (χ4n) is 3.30. The van der Waals surface area contributed by atoms with E-state index in [9.17, 15) is 4.39 Å². The Kier molecular flexibility index (Phi) is 3.60. The van der Waals surface area contributed by atoms with Gasteiger partial charge in [0.25, 0.3) is 0 Å². The van der Waals surface area contributed by atoms with Gasteiger partial charge >= 0.3 is 0 Å². The van der Waals surface area contributed by atoms with Crippen molar-refractivity contribution in [2.24, 2.45) is 0 Å². The van der Waals surface area contributed by atoms with Crippen molar-refractivity contribution >= 4 is 17.4 Å². The van der Waals surface area contributed by atoms with Crippen LogP contribution in [0, 0.1) is 12.7 Å². The third kappa shape index (κ3) is 2.71. The van der Waals surface area contributed by atoms with Crippen molar-refractivity contribution in [3.63, 3.8) is 0 Å². The lowest BCUT2D eigenvalue weighted by Gasteiger charge is -2.23. The number of fused-ring (bicyclic) bond motifs is 1. The number of anilines is 2. The molecule has 1 fully saturated rings. The molecule has 1 aromatic carbocycles. The van der Waals surface area contributed by atoms with Crippen molar-refractivity contribution in [2.75, 3.05) is 4.90 Å². The maximum Gasteiger partial charge on any atom is 0.231 e. The van der Waals surface area contributed by atoms with Crippen molar-refractivity contribution in [1.29, 1.82) is 0 Å². The predicted octanol–water partition coefficient (Wildman–Crippen LogP) is 3.93. The van der Waals surface area contributed by atoms with Crippen molar-refractivity contribution in [2.45, 2.75) is 25.8 Å². The average Bonchev–Trinajstić information content (AvgIpc) is 3.45. The first kappa shape index (κ1) is 15.9. The Morgan fingerprint density at radius 3 is 2.48 bits per heavy atom. The van der Waals surface area contributed by atoms with E-state index in [-0.39, 0.29) is 5.82 Å². The summed E-state index contributed by atoms with van der Waals surface area (Å²) in [6.07, 6.45) is 9.28. The van der Waals surface area contributed by atoms with E-state index in [2.05, 4.69) is 19.9 Å². The molecule has 0 amide bonds. The molecule has 6 nitrogen and oxygen atoms in total. The molecule has 4 aromatic rings. The van der Waals surface area contributed by atoms with E-state index in [1.54, 1.807) is 36.8 Å². The van der Waals surface area contributed by atoms with E-state index >= 15 is 0 Å². The topological polar surface area (TPSA) is 59.2 Å². The smallest absolute Gasteiger partial charge is 0.231 e. The third-order valence-corrected chi connectivity index (χ3v) is 4.72. The number of hydrogen-bond acceptors (Lipinski definition) is 5. The van der Waals surface area contributed by atoms with Gasteiger partial charge in [0.2, 0.25) is 5.95 Å². The van der Waals surface area contributed by atoms with Gasteiger partial charge in [0.05, 0.1) is 5.69 Å². The van der Waals surface area contributed by atoms with Gasteiger partial charge in [-0.2, -0.15) is 0 Å². The van der Waals surface area contributed by atoms with E-state index < -0.39 is 0 Å². The molecule has 0 N–H and O–H groups in total. The highest BCUT2D eigenvalue weighted by molar-refractivity contribution is 5.80. The molecule has 0 unspecified atom stereocenters. The van der Waals surface area contributed by atoms with Gasteiger partial charge < -0.3 is 0 Å². The summed E-state index contributed by atoms with van der Waals surface area (Å²) >= 11 is 0. The van der Waals surface area contributed by atoms with Gasteiger partial charge in [0.15, 0.2) is 5.65 Å². The second-order valence-corrected chi connectivity index (χ2v) is 6.65. The van der Waals surface area contributed by atoms with Gasteiger partial charge in [-0.1, -0.05) is 0 Å². The maximum absolute atomic E-state index is 13.5. The molecule has 0 saturated heterocycles. The molecule has 27 heavy (non-hydrogen) atoms. The van der Waals surface area contributed by atoms with Crippen LogP contribution in [0.15, 0.2) is 55.1 Å². The van der Waals surface area contributed by atoms with Crippen LogP contribution in [0.25, 0.3) is 16.9 Å². The Morgan fingerprint density at radius 1 is 1.04 bits per heavy atom. The SMILES string of the molecule is Cc1nccn2c(N(c3ncccn3)C3CC3)c(-c3ccc(F)cc3)nc12. The maximum atomic E-state index is 13.5. The molecular weight excluding hydrogens is 343 g/mol. The minimum Gasteiger partial charge on any atom is -0.291 e. The molecule has 0 radical (unpaired) electrons. The van der Waals surface area contributed by atoms with E-state index in [0.717, 1.165) is 41.3 Å². The summed E-state index contributed by atoms with van der Waals surface area (Å²) < 4.78 is 15.5. The van der Waals surface area contributed by atoms with Crippen LogP contribution < -0.4 is 4.90 Å². The summed E-state index contributed by atoms with van der Waals surface area (Å²) in [4.78, 5) is 20.3. The number of nitrogens with zero attached hydrogens (tertiary/aromatic N) is 6. The summed E-state index contributed by atoms with van der Waals surface area (Å²) in [7, 11) is 0. The third-order valence-electron chi connectivity index (χ3n) is 4.72. The van der Waals surface area contributed by atoms with E-state index in [1.165, 1.54) is 12.1 Å². The van der Waals surface area contributed by atoms with Gasteiger partial charge in [-0.25, -0.2) is 19.3 Å². The van der Waals surface area contributed by atoms with Crippen LogP contribution in [-0.4, -0.2) is 30.4 Å². The number of halogens is 1. The highest BCUT2D eigenvalue weighted by atomic mass is 19.1. The lowest BCUT2D eigenvalue weighted by atomic mass is 10.1. The first-order chi connectivity index (χ1) is 13.2. The molecule has 5 rings (SSSR count). The van der Waals surface area contributed by atoms with Crippen molar-refractivity contribution in [3.05, 3.63) is 66.6 Å². The van der Waals surface area contributed by atoms with Gasteiger partial charge in [-0.05, 0) is 50.1 Å². The summed E-state index contributed by atoms with van der Waals surface area (Å²) in [6.45, 7) is 1.93. The first-order valence-corrected chi connectivity index (χ1v) is 8.88. The fraction of sp³-hybridized carbons (Fsp3) is 0.200. The zero-order chi connectivity index (χ0) is 18.4. The molecule has 1 aliphatic carbocycles. The quantitative estimate of drug-likeness (QED) is 0.552. The second-order valence-electron chi connectivity index (χ2n) is 6.65. The van der Waals surface area contributed by atoms with Crippen LogP contribution >= 0.6 is 0 Å². The predicted molar refractivity (Wildman–Crippen MR) is 100 cm³/mol. The van der Waals surface area contributed by atoms with Gasteiger partial charge in [-0.15, -0.1) is 0 Å². The van der Waals surface area contributed by atoms with Gasteiger partial charge in [0, 0.05) is 36.4 Å². The Morgan fingerprint density at radius 2 is 1.78 bits per heavy atom. The first-order valence-electron chi connectivity index (χ1n) is 8.88. The molecular formula is C20H17FN6. The minimum atomic E-state index is -0.271. The molecule has 0 bridgehead atoms. The normalized spacial score (nSPS) is 13.9. The monoisotopic (exact) mass is 360 g/mol. The number of hydrogen-bond donors (Lipinski definition) is 0. The second kappa shape index (κ2) is 6.12. The molecule has 0 spiro atoms. The van der Waals surface area contributed by atoms with Crippen LogP contribution in [0.2, 0.25) is 0 Å². The van der Waals surface area contributed by atoms with Crippen LogP contribution in [0.1, 0.15) is 18.5 Å². The summed E-state index contributed by atoms with van der Waals surface area (Å²) in [5.41, 5.74) is 3.21. The Balaban J connectivity index is 1.80. The van der Waals surface area contributed by atoms with Gasteiger partial charge in [0.1, 0.15) is 17.3 Å². The highest BCUT2D eigenvalue weighted by Gasteiger charge is 2.36. The van der Waals surface area contributed by atoms with Crippen LogP contribution in [-0.2, 0) is 0 Å². The highest BCUT2D eigenvalue weighted by Crippen LogP contribution is 2.41.